The Hall–Kier alpha value is -2.98. The van der Waals surface area contributed by atoms with Crippen LogP contribution in [0.2, 0.25) is 10.0 Å². The zero-order valence-corrected chi connectivity index (χ0v) is 25.9. The molecule has 2 fully saturated rings. The fourth-order valence-electron chi connectivity index (χ4n) is 5.58. The fourth-order valence-corrected chi connectivity index (χ4v) is 6.11. The highest BCUT2D eigenvalue weighted by Crippen LogP contribution is 2.31. The third-order valence-electron chi connectivity index (χ3n) is 7.80. The average Bonchev–Trinajstić information content (AvgIpc) is 2.97. The predicted octanol–water partition coefficient (Wildman–Crippen LogP) is 5.52. The Morgan fingerprint density at radius 1 is 0.952 bits per heavy atom. The molecule has 0 saturated carbocycles. The molecule has 0 unspecified atom stereocenters. The zero-order valence-electron chi connectivity index (χ0n) is 24.4. The number of hydrogen-bond donors (Lipinski definition) is 1. The second-order valence-electron chi connectivity index (χ2n) is 11.2. The molecule has 224 valence electrons. The molecule has 0 spiro atoms. The number of nitrogens with zero attached hydrogens (tertiary/aromatic N) is 6. The average molecular weight is 613 g/mol. The molecule has 2 aliphatic rings. The lowest BCUT2D eigenvalue weighted by Crippen LogP contribution is -2.47. The van der Waals surface area contributed by atoms with Crippen LogP contribution in [-0.2, 0) is 11.3 Å². The Morgan fingerprint density at radius 2 is 1.64 bits per heavy atom. The molecular weight excluding hydrogens is 573 g/mol. The number of benzene rings is 1. The first-order valence-corrected chi connectivity index (χ1v) is 15.5. The van der Waals surface area contributed by atoms with Gasteiger partial charge in [0.05, 0.1) is 18.1 Å². The summed E-state index contributed by atoms with van der Waals surface area (Å²) in [6.07, 6.45) is 6.68. The maximum Gasteiger partial charge on any atom is 0.225 e. The number of nitrogens with one attached hydrogen (secondary N) is 1. The Kier molecular flexibility index (Phi) is 10.5. The number of ether oxygens (including phenoxy) is 1. The smallest absolute Gasteiger partial charge is 0.225 e. The van der Waals surface area contributed by atoms with Gasteiger partial charge in [0.2, 0.25) is 17.7 Å². The van der Waals surface area contributed by atoms with Crippen LogP contribution in [0, 0.1) is 5.92 Å². The van der Waals surface area contributed by atoms with Crippen molar-refractivity contribution >= 4 is 35.1 Å². The largest absolute Gasteiger partial charge is 0.436 e. The van der Waals surface area contributed by atoms with Gasteiger partial charge in [-0.05, 0) is 74.6 Å². The number of piperidine rings is 1. The number of pyridine rings is 1. The van der Waals surface area contributed by atoms with E-state index in [1.54, 1.807) is 25.4 Å². The number of carbonyl (C=O) groups is 1. The third-order valence-corrected chi connectivity index (χ3v) is 8.24. The standard InChI is InChI=1S/C31H39Cl2N7O2/c1-3-6-38-9-11-40(12-10-38)31-35-19-28(20-36-31)42-30-14-24(13-29(37-30)25-15-26(32)17-27(33)16-25)21-39-7-4-23(5-8-39)18-34-22(2)41/h13-17,19-20,23H,3-12,18,21H2,1-2H3,(H,34,41). The van der Waals surface area contributed by atoms with E-state index in [0.29, 0.717) is 27.6 Å². The Balaban J connectivity index is 1.30. The van der Waals surface area contributed by atoms with Gasteiger partial charge in [0.25, 0.3) is 0 Å². The van der Waals surface area contributed by atoms with Crippen molar-refractivity contribution in [3.8, 4) is 22.9 Å². The summed E-state index contributed by atoms with van der Waals surface area (Å²) in [5.74, 6) is 2.25. The first-order chi connectivity index (χ1) is 20.3. The summed E-state index contributed by atoms with van der Waals surface area (Å²) in [4.78, 5) is 32.4. The van der Waals surface area contributed by atoms with Crippen LogP contribution in [0.25, 0.3) is 11.3 Å². The minimum Gasteiger partial charge on any atom is -0.436 e. The van der Waals surface area contributed by atoms with Gasteiger partial charge in [0, 0.05) is 67.9 Å². The molecule has 11 heteroatoms. The van der Waals surface area contributed by atoms with Gasteiger partial charge in [-0.1, -0.05) is 30.1 Å². The van der Waals surface area contributed by atoms with Gasteiger partial charge in [-0.2, -0.15) is 0 Å². The molecule has 0 radical (unpaired) electrons. The van der Waals surface area contributed by atoms with Crippen molar-refractivity contribution in [2.45, 2.75) is 39.7 Å². The molecule has 2 saturated heterocycles. The van der Waals surface area contributed by atoms with Crippen LogP contribution >= 0.6 is 23.2 Å². The highest BCUT2D eigenvalue weighted by atomic mass is 35.5. The van der Waals surface area contributed by atoms with Crippen LogP contribution < -0.4 is 15.0 Å². The normalized spacial score (nSPS) is 16.9. The number of amides is 1. The highest BCUT2D eigenvalue weighted by Gasteiger charge is 2.21. The van der Waals surface area contributed by atoms with Crippen LogP contribution in [0.1, 0.15) is 38.7 Å². The van der Waals surface area contributed by atoms with Crippen molar-refractivity contribution in [2.24, 2.45) is 5.92 Å². The lowest BCUT2D eigenvalue weighted by Gasteiger charge is -2.34. The number of aromatic nitrogens is 3. The zero-order chi connectivity index (χ0) is 29.5. The van der Waals surface area contributed by atoms with E-state index >= 15 is 0 Å². The second kappa shape index (κ2) is 14.5. The highest BCUT2D eigenvalue weighted by molar-refractivity contribution is 6.35. The van der Waals surface area contributed by atoms with E-state index in [4.69, 9.17) is 32.9 Å². The number of halogens is 2. The van der Waals surface area contributed by atoms with Crippen molar-refractivity contribution in [1.29, 1.82) is 0 Å². The van der Waals surface area contributed by atoms with Gasteiger partial charge >= 0.3 is 0 Å². The number of carbonyl (C=O) groups excluding carboxylic acids is 1. The molecule has 2 aliphatic heterocycles. The van der Waals surface area contributed by atoms with Crippen molar-refractivity contribution < 1.29 is 9.53 Å². The molecule has 0 aliphatic carbocycles. The number of likely N-dealkylation sites (tertiary alicyclic amines) is 1. The van der Waals surface area contributed by atoms with Crippen molar-refractivity contribution in [2.75, 3.05) is 57.3 Å². The van der Waals surface area contributed by atoms with Crippen LogP contribution in [0.15, 0.2) is 42.7 Å². The van der Waals surface area contributed by atoms with Crippen LogP contribution in [0.3, 0.4) is 0 Å². The summed E-state index contributed by atoms with van der Waals surface area (Å²) in [6.45, 7) is 12.2. The minimum atomic E-state index is 0.0284. The van der Waals surface area contributed by atoms with Crippen molar-refractivity contribution in [3.63, 3.8) is 0 Å². The molecule has 2 aromatic heterocycles. The van der Waals surface area contributed by atoms with Gasteiger partial charge in [-0.15, -0.1) is 0 Å². The van der Waals surface area contributed by atoms with Gasteiger partial charge in [-0.25, -0.2) is 15.0 Å². The maximum atomic E-state index is 11.3. The summed E-state index contributed by atoms with van der Waals surface area (Å²) >= 11 is 12.7. The molecule has 4 heterocycles. The van der Waals surface area contributed by atoms with E-state index in [0.717, 1.165) is 94.5 Å². The number of anilines is 1. The molecule has 1 amide bonds. The lowest BCUT2D eigenvalue weighted by molar-refractivity contribution is -0.119. The Labute approximate surface area is 258 Å². The number of rotatable bonds is 10. The quantitative estimate of drug-likeness (QED) is 0.321. The van der Waals surface area contributed by atoms with Crippen molar-refractivity contribution in [3.05, 3.63) is 58.3 Å². The van der Waals surface area contributed by atoms with Crippen LogP contribution in [0.5, 0.6) is 11.6 Å². The topological polar surface area (TPSA) is 86.7 Å². The van der Waals surface area contributed by atoms with Gasteiger partial charge in [0.15, 0.2) is 5.75 Å². The predicted molar refractivity (Wildman–Crippen MR) is 167 cm³/mol. The summed E-state index contributed by atoms with van der Waals surface area (Å²) in [5.41, 5.74) is 2.63. The summed E-state index contributed by atoms with van der Waals surface area (Å²) in [5, 5.41) is 4.05. The molecule has 3 aromatic rings. The first-order valence-electron chi connectivity index (χ1n) is 14.8. The molecule has 5 rings (SSSR count). The lowest BCUT2D eigenvalue weighted by atomic mass is 9.96. The van der Waals surface area contributed by atoms with E-state index in [1.807, 2.05) is 18.2 Å². The number of hydrogen-bond acceptors (Lipinski definition) is 8. The molecule has 1 N–H and O–H groups in total. The van der Waals surface area contributed by atoms with E-state index in [-0.39, 0.29) is 5.91 Å². The molecule has 0 bridgehead atoms. The van der Waals surface area contributed by atoms with E-state index < -0.39 is 0 Å². The Bertz CT molecular complexity index is 1320. The monoisotopic (exact) mass is 611 g/mol. The first kappa shape index (κ1) is 30.5. The summed E-state index contributed by atoms with van der Waals surface area (Å²) in [6, 6.07) is 9.46. The number of piperazine rings is 1. The van der Waals surface area contributed by atoms with Crippen molar-refractivity contribution in [1.82, 2.24) is 30.1 Å². The molecule has 9 nitrogen and oxygen atoms in total. The summed E-state index contributed by atoms with van der Waals surface area (Å²) < 4.78 is 6.21. The van der Waals surface area contributed by atoms with Gasteiger partial charge in [0.1, 0.15) is 0 Å². The minimum absolute atomic E-state index is 0.0284. The molecule has 0 atom stereocenters. The second-order valence-corrected chi connectivity index (χ2v) is 12.0. The van der Waals surface area contributed by atoms with Crippen LogP contribution in [-0.4, -0.2) is 83.0 Å². The van der Waals surface area contributed by atoms with E-state index in [2.05, 4.69) is 43.0 Å². The van der Waals surface area contributed by atoms with E-state index in [9.17, 15) is 4.79 Å². The van der Waals surface area contributed by atoms with Crippen LogP contribution in [0.4, 0.5) is 5.95 Å². The molecule has 42 heavy (non-hydrogen) atoms. The SMILES string of the molecule is CCCN1CCN(c2ncc(Oc3cc(CN4CCC(CNC(C)=O)CC4)cc(-c4cc(Cl)cc(Cl)c4)n3)cn2)CC1. The maximum absolute atomic E-state index is 11.3. The fraction of sp³-hybridized carbons (Fsp3) is 0.484. The third kappa shape index (κ3) is 8.53. The Morgan fingerprint density at radius 3 is 2.29 bits per heavy atom. The van der Waals surface area contributed by atoms with E-state index in [1.165, 1.54) is 6.42 Å². The summed E-state index contributed by atoms with van der Waals surface area (Å²) in [7, 11) is 0. The van der Waals surface area contributed by atoms with Gasteiger partial charge in [-0.3, -0.25) is 14.6 Å². The molecule has 1 aromatic carbocycles. The van der Waals surface area contributed by atoms with Gasteiger partial charge < -0.3 is 15.0 Å². The molecular formula is C31H39Cl2N7O2.